The fourth-order valence-corrected chi connectivity index (χ4v) is 0.977. The average Bonchev–Trinajstić information content (AvgIpc) is 1.95. The molecule has 0 heterocycles. The van der Waals surface area contributed by atoms with Crippen molar-refractivity contribution in [3.63, 3.8) is 0 Å². The summed E-state index contributed by atoms with van der Waals surface area (Å²) >= 11 is 0. The van der Waals surface area contributed by atoms with E-state index in [-0.39, 0.29) is 0 Å². The molecule has 0 aromatic carbocycles. The number of nitrogens with zero attached hydrogens (tertiary/aromatic N) is 1. The molecular formula is C11H26N2. The van der Waals surface area contributed by atoms with Crippen molar-refractivity contribution >= 4 is 0 Å². The summed E-state index contributed by atoms with van der Waals surface area (Å²) in [5, 5.41) is 3.47. The Kier molecular flexibility index (Phi) is 5.57. The predicted molar refractivity (Wildman–Crippen MR) is 60.1 cm³/mol. The fourth-order valence-electron chi connectivity index (χ4n) is 0.977. The maximum atomic E-state index is 3.47. The Morgan fingerprint density at radius 3 is 2.15 bits per heavy atom. The lowest BCUT2D eigenvalue weighted by molar-refractivity contribution is 0.266. The predicted octanol–water partition coefficient (Wildman–Crippen LogP) is 1.96. The number of hydrogen-bond donors (Lipinski definition) is 1. The van der Waals surface area contributed by atoms with E-state index >= 15 is 0 Å². The molecule has 0 aromatic heterocycles. The summed E-state index contributed by atoms with van der Waals surface area (Å²) < 4.78 is 0. The Morgan fingerprint density at radius 1 is 1.23 bits per heavy atom. The van der Waals surface area contributed by atoms with Crippen LogP contribution in [0, 0.1) is 5.41 Å². The van der Waals surface area contributed by atoms with Gasteiger partial charge in [0.05, 0.1) is 0 Å². The van der Waals surface area contributed by atoms with Crippen molar-refractivity contribution < 1.29 is 0 Å². The van der Waals surface area contributed by atoms with Crippen molar-refractivity contribution in [1.29, 1.82) is 0 Å². The molecule has 0 amide bonds. The second-order valence-corrected chi connectivity index (χ2v) is 5.31. The zero-order valence-corrected chi connectivity index (χ0v) is 10.1. The fraction of sp³-hybridized carbons (Fsp3) is 1.00. The molecule has 0 aromatic rings. The van der Waals surface area contributed by atoms with Crippen LogP contribution in [0.25, 0.3) is 0 Å². The van der Waals surface area contributed by atoms with E-state index in [1.54, 1.807) is 0 Å². The highest BCUT2D eigenvalue weighted by Crippen LogP contribution is 2.09. The Morgan fingerprint density at radius 2 is 1.77 bits per heavy atom. The molecular weight excluding hydrogens is 160 g/mol. The summed E-state index contributed by atoms with van der Waals surface area (Å²) in [4.78, 5) is 2.36. The van der Waals surface area contributed by atoms with Crippen LogP contribution in [0.1, 0.15) is 34.6 Å². The summed E-state index contributed by atoms with van der Waals surface area (Å²) in [5.74, 6) is 0. The van der Waals surface area contributed by atoms with Gasteiger partial charge in [-0.15, -0.1) is 0 Å². The lowest BCUT2D eigenvalue weighted by atomic mass is 9.97. The largest absolute Gasteiger partial charge is 0.315 e. The summed E-state index contributed by atoms with van der Waals surface area (Å²) in [6, 6.07) is 0.649. The third-order valence-corrected chi connectivity index (χ3v) is 2.18. The van der Waals surface area contributed by atoms with Crippen molar-refractivity contribution in [2.75, 3.05) is 26.7 Å². The van der Waals surface area contributed by atoms with Gasteiger partial charge in [0.1, 0.15) is 0 Å². The highest BCUT2D eigenvalue weighted by atomic mass is 15.1. The van der Waals surface area contributed by atoms with Gasteiger partial charge in [0, 0.05) is 25.7 Å². The molecule has 0 aliphatic rings. The SMILES string of the molecule is CC(C)N(C)CCNCC(C)(C)C. The van der Waals surface area contributed by atoms with Gasteiger partial charge < -0.3 is 10.2 Å². The van der Waals surface area contributed by atoms with Crippen molar-refractivity contribution in [2.24, 2.45) is 5.41 Å². The summed E-state index contributed by atoms with van der Waals surface area (Å²) in [6.45, 7) is 14.5. The zero-order chi connectivity index (χ0) is 10.5. The molecule has 2 nitrogen and oxygen atoms in total. The first-order chi connectivity index (χ1) is 5.83. The minimum Gasteiger partial charge on any atom is -0.315 e. The minimum absolute atomic E-state index is 0.399. The van der Waals surface area contributed by atoms with Crippen LogP contribution in [0.15, 0.2) is 0 Å². The number of rotatable bonds is 5. The van der Waals surface area contributed by atoms with E-state index in [2.05, 4.69) is 51.9 Å². The van der Waals surface area contributed by atoms with E-state index in [0.29, 0.717) is 11.5 Å². The van der Waals surface area contributed by atoms with Gasteiger partial charge in [-0.05, 0) is 26.3 Å². The van der Waals surface area contributed by atoms with Gasteiger partial charge in [-0.2, -0.15) is 0 Å². The summed E-state index contributed by atoms with van der Waals surface area (Å²) in [5.41, 5.74) is 0.399. The van der Waals surface area contributed by atoms with Crippen LogP contribution >= 0.6 is 0 Å². The van der Waals surface area contributed by atoms with Crippen molar-refractivity contribution in [2.45, 2.75) is 40.7 Å². The highest BCUT2D eigenvalue weighted by Gasteiger charge is 2.09. The van der Waals surface area contributed by atoms with E-state index in [1.165, 1.54) is 0 Å². The maximum Gasteiger partial charge on any atom is 0.0106 e. The first-order valence-corrected chi connectivity index (χ1v) is 5.24. The molecule has 2 heteroatoms. The number of likely N-dealkylation sites (N-methyl/N-ethyl adjacent to an activating group) is 1. The molecule has 0 aliphatic carbocycles. The van der Waals surface area contributed by atoms with Gasteiger partial charge in [-0.3, -0.25) is 0 Å². The van der Waals surface area contributed by atoms with Gasteiger partial charge in [0.2, 0.25) is 0 Å². The molecule has 0 saturated heterocycles. The van der Waals surface area contributed by atoms with E-state index < -0.39 is 0 Å². The summed E-state index contributed by atoms with van der Waals surface area (Å²) in [7, 11) is 2.17. The van der Waals surface area contributed by atoms with Crippen LogP contribution < -0.4 is 5.32 Å². The second kappa shape index (κ2) is 5.61. The van der Waals surface area contributed by atoms with Crippen molar-refractivity contribution in [1.82, 2.24) is 10.2 Å². The van der Waals surface area contributed by atoms with Crippen LogP contribution in [-0.4, -0.2) is 37.6 Å². The molecule has 0 saturated carbocycles. The Labute approximate surface area is 83.7 Å². The van der Waals surface area contributed by atoms with Gasteiger partial charge in [-0.1, -0.05) is 20.8 Å². The first-order valence-electron chi connectivity index (χ1n) is 5.24. The normalized spacial score (nSPS) is 12.9. The van der Waals surface area contributed by atoms with E-state index in [9.17, 15) is 0 Å². The van der Waals surface area contributed by atoms with Crippen LogP contribution in [0.5, 0.6) is 0 Å². The molecule has 0 aliphatic heterocycles. The smallest absolute Gasteiger partial charge is 0.0106 e. The highest BCUT2D eigenvalue weighted by molar-refractivity contribution is 4.66. The maximum absolute atomic E-state index is 3.47. The molecule has 0 radical (unpaired) electrons. The molecule has 80 valence electrons. The molecule has 0 bridgehead atoms. The number of nitrogens with one attached hydrogen (secondary N) is 1. The minimum atomic E-state index is 0.399. The van der Waals surface area contributed by atoms with Gasteiger partial charge in [-0.25, -0.2) is 0 Å². The molecule has 0 spiro atoms. The lowest BCUT2D eigenvalue weighted by Gasteiger charge is -2.23. The molecule has 0 unspecified atom stereocenters. The quantitative estimate of drug-likeness (QED) is 0.660. The number of hydrogen-bond acceptors (Lipinski definition) is 2. The Bertz CT molecular complexity index is 125. The topological polar surface area (TPSA) is 15.3 Å². The average molecular weight is 186 g/mol. The lowest BCUT2D eigenvalue weighted by Crippen LogP contribution is -2.36. The van der Waals surface area contributed by atoms with Gasteiger partial charge >= 0.3 is 0 Å². The summed E-state index contributed by atoms with van der Waals surface area (Å²) in [6.07, 6.45) is 0. The molecule has 1 N–H and O–H groups in total. The van der Waals surface area contributed by atoms with Crippen LogP contribution in [0.3, 0.4) is 0 Å². The van der Waals surface area contributed by atoms with Crippen LogP contribution in [0.2, 0.25) is 0 Å². The third-order valence-electron chi connectivity index (χ3n) is 2.18. The molecule has 0 rings (SSSR count). The molecule has 0 fully saturated rings. The van der Waals surface area contributed by atoms with Crippen LogP contribution in [0.4, 0.5) is 0 Å². The van der Waals surface area contributed by atoms with E-state index in [4.69, 9.17) is 0 Å². The van der Waals surface area contributed by atoms with E-state index in [1.807, 2.05) is 0 Å². The molecule has 13 heavy (non-hydrogen) atoms. The first kappa shape index (κ1) is 12.9. The Balaban J connectivity index is 3.36. The monoisotopic (exact) mass is 186 g/mol. The Hall–Kier alpha value is -0.0800. The van der Waals surface area contributed by atoms with Gasteiger partial charge in [0.25, 0.3) is 0 Å². The molecule has 0 atom stereocenters. The third kappa shape index (κ3) is 8.26. The second-order valence-electron chi connectivity index (χ2n) is 5.31. The van der Waals surface area contributed by atoms with E-state index in [0.717, 1.165) is 19.6 Å². The van der Waals surface area contributed by atoms with Crippen molar-refractivity contribution in [3.8, 4) is 0 Å². The van der Waals surface area contributed by atoms with Crippen molar-refractivity contribution in [3.05, 3.63) is 0 Å². The van der Waals surface area contributed by atoms with Gasteiger partial charge in [0.15, 0.2) is 0 Å². The standard InChI is InChI=1S/C11H26N2/c1-10(2)13(6)8-7-12-9-11(3,4)5/h10,12H,7-9H2,1-6H3. The van der Waals surface area contributed by atoms with Crippen LogP contribution in [-0.2, 0) is 0 Å². The zero-order valence-electron chi connectivity index (χ0n) is 10.1.